The standard InChI is InChI=1S/C20H29N5O3/c1-6-7-8-25-16(24(2)17-19(21)22-12-23-20(17)25)11-13-9-14(26-3)18(28-5)15(10-13)27-4/h9-10,12,16H,6-8,11H2,1-5H3,(H2,21,22,23). The molecule has 1 aliphatic rings. The predicted molar refractivity (Wildman–Crippen MR) is 111 cm³/mol. The Morgan fingerprint density at radius 3 is 2.32 bits per heavy atom. The van der Waals surface area contributed by atoms with Gasteiger partial charge in [-0.15, -0.1) is 0 Å². The molecule has 2 N–H and O–H groups in total. The quantitative estimate of drug-likeness (QED) is 0.740. The lowest BCUT2D eigenvalue weighted by atomic mass is 10.1. The van der Waals surface area contributed by atoms with Crippen LogP contribution in [0.3, 0.4) is 0 Å². The Bertz CT molecular complexity index is 804. The average molecular weight is 387 g/mol. The van der Waals surface area contributed by atoms with E-state index in [9.17, 15) is 0 Å². The van der Waals surface area contributed by atoms with Gasteiger partial charge in [-0.3, -0.25) is 0 Å². The maximum atomic E-state index is 6.16. The van der Waals surface area contributed by atoms with Crippen molar-refractivity contribution in [2.75, 3.05) is 50.5 Å². The molecule has 1 aromatic carbocycles. The highest BCUT2D eigenvalue weighted by Gasteiger charge is 2.36. The molecule has 3 rings (SSSR count). The summed E-state index contributed by atoms with van der Waals surface area (Å²) in [6.45, 7) is 3.09. The Morgan fingerprint density at radius 2 is 1.75 bits per heavy atom. The van der Waals surface area contributed by atoms with Crippen LogP contribution >= 0.6 is 0 Å². The maximum Gasteiger partial charge on any atom is 0.203 e. The van der Waals surface area contributed by atoms with Crippen molar-refractivity contribution in [3.8, 4) is 17.2 Å². The fraction of sp³-hybridized carbons (Fsp3) is 0.500. The van der Waals surface area contributed by atoms with E-state index < -0.39 is 0 Å². The SMILES string of the molecule is CCCCN1c2ncnc(N)c2N(C)C1Cc1cc(OC)c(OC)c(OC)c1. The summed E-state index contributed by atoms with van der Waals surface area (Å²) in [5.74, 6) is 3.28. The van der Waals surface area contributed by atoms with Crippen LogP contribution in [0.25, 0.3) is 0 Å². The second-order valence-corrected chi connectivity index (χ2v) is 6.81. The molecule has 2 aromatic rings. The third kappa shape index (κ3) is 3.46. The van der Waals surface area contributed by atoms with Crippen molar-refractivity contribution in [3.63, 3.8) is 0 Å². The lowest BCUT2D eigenvalue weighted by molar-refractivity contribution is 0.323. The summed E-state index contributed by atoms with van der Waals surface area (Å²) < 4.78 is 16.5. The number of nitrogens with zero attached hydrogens (tertiary/aromatic N) is 4. The molecule has 1 aliphatic heterocycles. The first kappa shape index (κ1) is 19.9. The van der Waals surface area contributed by atoms with Crippen molar-refractivity contribution in [3.05, 3.63) is 24.0 Å². The minimum atomic E-state index is 0.0726. The number of methoxy groups -OCH3 is 3. The molecule has 0 aliphatic carbocycles. The number of anilines is 3. The lowest BCUT2D eigenvalue weighted by Gasteiger charge is -2.30. The largest absolute Gasteiger partial charge is 0.493 e. The van der Waals surface area contributed by atoms with Crippen molar-refractivity contribution in [2.45, 2.75) is 32.4 Å². The van der Waals surface area contributed by atoms with E-state index >= 15 is 0 Å². The third-order valence-corrected chi connectivity index (χ3v) is 5.16. The van der Waals surface area contributed by atoms with Gasteiger partial charge >= 0.3 is 0 Å². The number of nitrogen functional groups attached to an aromatic ring is 1. The van der Waals surface area contributed by atoms with Gasteiger partial charge < -0.3 is 29.7 Å². The van der Waals surface area contributed by atoms with Crippen LogP contribution in [0.15, 0.2) is 18.5 Å². The lowest BCUT2D eigenvalue weighted by Crippen LogP contribution is -2.43. The molecule has 1 atom stereocenters. The summed E-state index contributed by atoms with van der Waals surface area (Å²) in [5, 5.41) is 0. The predicted octanol–water partition coefficient (Wildman–Crippen LogP) is 2.71. The van der Waals surface area contributed by atoms with Gasteiger partial charge in [-0.05, 0) is 24.1 Å². The summed E-state index contributed by atoms with van der Waals surface area (Å²) in [4.78, 5) is 13.2. The monoisotopic (exact) mass is 387 g/mol. The number of hydrogen-bond donors (Lipinski definition) is 1. The second kappa shape index (κ2) is 8.41. The number of likely N-dealkylation sites (N-methyl/N-ethyl adjacent to an activating group) is 1. The number of nitrogens with two attached hydrogens (primary N) is 1. The summed E-state index contributed by atoms with van der Waals surface area (Å²) in [7, 11) is 6.90. The van der Waals surface area contributed by atoms with E-state index in [2.05, 4.69) is 26.7 Å². The molecule has 8 heteroatoms. The second-order valence-electron chi connectivity index (χ2n) is 6.81. The molecule has 152 valence electrons. The van der Waals surface area contributed by atoms with E-state index in [1.165, 1.54) is 6.33 Å². The van der Waals surface area contributed by atoms with Gasteiger partial charge in [-0.2, -0.15) is 0 Å². The Kier molecular flexibility index (Phi) is 5.96. The van der Waals surface area contributed by atoms with Crippen LogP contribution in [-0.4, -0.2) is 51.1 Å². The first-order valence-electron chi connectivity index (χ1n) is 9.44. The van der Waals surface area contributed by atoms with Gasteiger partial charge in [-0.25, -0.2) is 9.97 Å². The zero-order valence-electron chi connectivity index (χ0n) is 17.2. The minimum Gasteiger partial charge on any atom is -0.493 e. The van der Waals surface area contributed by atoms with Gasteiger partial charge in [0, 0.05) is 20.0 Å². The average Bonchev–Trinajstić information content (AvgIpc) is 2.97. The molecule has 1 aromatic heterocycles. The van der Waals surface area contributed by atoms with E-state index in [-0.39, 0.29) is 6.17 Å². The van der Waals surface area contributed by atoms with Gasteiger partial charge in [0.05, 0.1) is 21.3 Å². The normalized spacial score (nSPS) is 15.5. The maximum absolute atomic E-state index is 6.16. The van der Waals surface area contributed by atoms with Gasteiger partial charge in [-0.1, -0.05) is 13.3 Å². The van der Waals surface area contributed by atoms with Crippen LogP contribution < -0.4 is 29.7 Å². The first-order valence-corrected chi connectivity index (χ1v) is 9.44. The van der Waals surface area contributed by atoms with Crippen molar-refractivity contribution >= 4 is 17.3 Å². The Hall–Kier alpha value is -2.90. The number of fused-ring (bicyclic) bond motifs is 1. The van der Waals surface area contributed by atoms with E-state index in [4.69, 9.17) is 19.9 Å². The van der Waals surface area contributed by atoms with Crippen LogP contribution in [0, 0.1) is 0 Å². The molecule has 28 heavy (non-hydrogen) atoms. The van der Waals surface area contributed by atoms with E-state index in [0.717, 1.165) is 42.9 Å². The molecule has 0 saturated heterocycles. The van der Waals surface area contributed by atoms with E-state index in [1.807, 2.05) is 19.2 Å². The highest BCUT2D eigenvalue weighted by molar-refractivity contribution is 5.82. The molecule has 8 nitrogen and oxygen atoms in total. The smallest absolute Gasteiger partial charge is 0.203 e. The van der Waals surface area contributed by atoms with Gasteiger partial charge in [0.2, 0.25) is 5.75 Å². The summed E-state index contributed by atoms with van der Waals surface area (Å²) >= 11 is 0. The number of aromatic nitrogens is 2. The summed E-state index contributed by atoms with van der Waals surface area (Å²) in [6.07, 6.45) is 4.52. The Morgan fingerprint density at radius 1 is 1.07 bits per heavy atom. The molecule has 0 bridgehead atoms. The topological polar surface area (TPSA) is 86.0 Å². The number of ether oxygens (including phenoxy) is 3. The van der Waals surface area contributed by atoms with Crippen molar-refractivity contribution in [2.24, 2.45) is 0 Å². The Labute approximate surface area is 166 Å². The molecule has 0 amide bonds. The zero-order valence-corrected chi connectivity index (χ0v) is 17.2. The summed E-state index contributed by atoms with van der Waals surface area (Å²) in [6, 6.07) is 3.98. The number of benzene rings is 1. The minimum absolute atomic E-state index is 0.0726. The molecule has 0 spiro atoms. The fourth-order valence-corrected chi connectivity index (χ4v) is 3.73. The van der Waals surface area contributed by atoms with Crippen LogP contribution in [0.4, 0.5) is 17.3 Å². The van der Waals surface area contributed by atoms with Crippen molar-refractivity contribution in [1.29, 1.82) is 0 Å². The highest BCUT2D eigenvalue weighted by Crippen LogP contribution is 2.43. The third-order valence-electron chi connectivity index (χ3n) is 5.16. The van der Waals surface area contributed by atoms with Crippen LogP contribution in [-0.2, 0) is 6.42 Å². The number of unbranched alkanes of at least 4 members (excludes halogenated alkanes) is 1. The molecular weight excluding hydrogens is 358 g/mol. The van der Waals surface area contributed by atoms with Crippen molar-refractivity contribution in [1.82, 2.24) is 9.97 Å². The molecule has 0 radical (unpaired) electrons. The van der Waals surface area contributed by atoms with E-state index in [0.29, 0.717) is 23.1 Å². The van der Waals surface area contributed by atoms with Gasteiger partial charge in [0.25, 0.3) is 0 Å². The van der Waals surface area contributed by atoms with Gasteiger partial charge in [0.1, 0.15) is 18.2 Å². The number of rotatable bonds is 8. The van der Waals surface area contributed by atoms with Crippen LogP contribution in [0.5, 0.6) is 17.2 Å². The number of hydrogen-bond acceptors (Lipinski definition) is 8. The molecule has 2 heterocycles. The van der Waals surface area contributed by atoms with Crippen LogP contribution in [0.1, 0.15) is 25.3 Å². The summed E-state index contributed by atoms with van der Waals surface area (Å²) in [5.41, 5.74) is 8.12. The van der Waals surface area contributed by atoms with E-state index in [1.54, 1.807) is 21.3 Å². The Balaban J connectivity index is 1.97. The van der Waals surface area contributed by atoms with Crippen molar-refractivity contribution < 1.29 is 14.2 Å². The molecule has 0 fully saturated rings. The zero-order chi connectivity index (χ0) is 20.3. The fourth-order valence-electron chi connectivity index (χ4n) is 3.73. The highest BCUT2D eigenvalue weighted by atomic mass is 16.5. The molecular formula is C20H29N5O3. The van der Waals surface area contributed by atoms with Crippen LogP contribution in [0.2, 0.25) is 0 Å². The molecule has 0 saturated carbocycles. The molecule has 1 unspecified atom stereocenters. The first-order chi connectivity index (χ1) is 13.5. The van der Waals surface area contributed by atoms with Gasteiger partial charge in [0.15, 0.2) is 23.1 Å².